The predicted molar refractivity (Wildman–Crippen MR) is 98.6 cm³/mol. The average Bonchev–Trinajstić information content (AvgIpc) is 2.96. The number of hydrogen-bond donors (Lipinski definition) is 1. The van der Waals surface area contributed by atoms with Crippen LogP contribution in [-0.2, 0) is 16.0 Å². The van der Waals surface area contributed by atoms with Crippen molar-refractivity contribution in [3.8, 4) is 0 Å². The lowest BCUT2D eigenvalue weighted by Crippen LogP contribution is -2.33. The van der Waals surface area contributed by atoms with Gasteiger partial charge in [-0.1, -0.05) is 12.1 Å². The third kappa shape index (κ3) is 4.21. The number of nitrogens with one attached hydrogen (secondary N) is 1. The molecule has 5 nitrogen and oxygen atoms in total. The molecule has 2 amide bonds. The smallest absolute Gasteiger partial charge is 0.407 e. The molecule has 1 aromatic carbocycles. The van der Waals surface area contributed by atoms with E-state index in [0.717, 1.165) is 42.6 Å². The quantitative estimate of drug-likeness (QED) is 0.912. The zero-order valence-corrected chi connectivity index (χ0v) is 15.2. The molecular weight excluding hydrogens is 316 g/mol. The number of benzene rings is 1. The Kier molecular flexibility index (Phi) is 4.84. The van der Waals surface area contributed by atoms with Crippen LogP contribution in [-0.4, -0.2) is 30.7 Å². The SMILES string of the molecule is CC(C)(C)OC(=O)NCC1=CCCc2cc(N3CCCC3=O)ccc21. The van der Waals surface area contributed by atoms with Crippen molar-refractivity contribution in [1.29, 1.82) is 0 Å². The number of anilines is 1. The van der Waals surface area contributed by atoms with Gasteiger partial charge in [0, 0.05) is 25.2 Å². The van der Waals surface area contributed by atoms with E-state index in [0.29, 0.717) is 13.0 Å². The number of fused-ring (bicyclic) bond motifs is 1. The third-order valence-electron chi connectivity index (χ3n) is 4.45. The molecule has 134 valence electrons. The summed E-state index contributed by atoms with van der Waals surface area (Å²) in [7, 11) is 0. The molecule has 1 aliphatic heterocycles. The third-order valence-corrected chi connectivity index (χ3v) is 4.45. The summed E-state index contributed by atoms with van der Waals surface area (Å²) in [5.74, 6) is 0.207. The van der Waals surface area contributed by atoms with Gasteiger partial charge >= 0.3 is 6.09 Å². The molecule has 0 atom stereocenters. The van der Waals surface area contributed by atoms with E-state index < -0.39 is 11.7 Å². The molecule has 0 unspecified atom stereocenters. The van der Waals surface area contributed by atoms with Crippen molar-refractivity contribution < 1.29 is 14.3 Å². The molecule has 0 spiro atoms. The van der Waals surface area contributed by atoms with E-state index in [9.17, 15) is 9.59 Å². The van der Waals surface area contributed by atoms with Crippen LogP contribution in [0.25, 0.3) is 5.57 Å². The fourth-order valence-corrected chi connectivity index (χ4v) is 3.35. The van der Waals surface area contributed by atoms with Crippen LogP contribution in [0.5, 0.6) is 0 Å². The molecule has 1 N–H and O–H groups in total. The highest BCUT2D eigenvalue weighted by molar-refractivity contribution is 5.95. The van der Waals surface area contributed by atoms with Gasteiger partial charge in [-0.25, -0.2) is 4.79 Å². The van der Waals surface area contributed by atoms with E-state index in [1.165, 1.54) is 5.56 Å². The molecule has 0 radical (unpaired) electrons. The summed E-state index contributed by atoms with van der Waals surface area (Å²) in [5, 5.41) is 2.83. The maximum atomic E-state index is 12.0. The number of alkyl carbamates (subject to hydrolysis) is 1. The first-order chi connectivity index (χ1) is 11.8. The molecule has 0 saturated carbocycles. The molecule has 25 heavy (non-hydrogen) atoms. The summed E-state index contributed by atoms with van der Waals surface area (Å²) < 4.78 is 5.29. The van der Waals surface area contributed by atoms with Crippen LogP contribution in [0, 0.1) is 0 Å². The molecule has 3 rings (SSSR count). The van der Waals surface area contributed by atoms with Gasteiger partial charge in [0.25, 0.3) is 0 Å². The zero-order chi connectivity index (χ0) is 18.0. The van der Waals surface area contributed by atoms with Gasteiger partial charge in [-0.05, 0) is 68.9 Å². The van der Waals surface area contributed by atoms with Gasteiger partial charge in [0.05, 0.1) is 0 Å². The number of carbonyl (C=O) groups excluding carboxylic acids is 2. The lowest BCUT2D eigenvalue weighted by atomic mass is 9.90. The van der Waals surface area contributed by atoms with Gasteiger partial charge in [-0.2, -0.15) is 0 Å². The van der Waals surface area contributed by atoms with E-state index >= 15 is 0 Å². The van der Waals surface area contributed by atoms with Crippen molar-refractivity contribution in [2.75, 3.05) is 18.0 Å². The summed E-state index contributed by atoms with van der Waals surface area (Å²) in [6.07, 6.45) is 5.24. The van der Waals surface area contributed by atoms with Crippen LogP contribution in [0.15, 0.2) is 24.3 Å². The predicted octanol–water partition coefficient (Wildman–Crippen LogP) is 3.67. The van der Waals surface area contributed by atoms with Gasteiger partial charge in [-0.3, -0.25) is 4.79 Å². The number of aryl methyl sites for hydroxylation is 1. The Morgan fingerprint density at radius 3 is 2.76 bits per heavy atom. The lowest BCUT2D eigenvalue weighted by molar-refractivity contribution is -0.117. The maximum absolute atomic E-state index is 12.0. The molecule has 1 aliphatic carbocycles. The van der Waals surface area contributed by atoms with Crippen molar-refractivity contribution in [3.63, 3.8) is 0 Å². The van der Waals surface area contributed by atoms with Crippen molar-refractivity contribution >= 4 is 23.3 Å². The van der Waals surface area contributed by atoms with Crippen molar-refractivity contribution in [3.05, 3.63) is 35.4 Å². The number of ether oxygens (including phenoxy) is 1. The average molecular weight is 342 g/mol. The normalized spacial score (nSPS) is 17.2. The van der Waals surface area contributed by atoms with E-state index in [2.05, 4.69) is 23.5 Å². The molecule has 0 bridgehead atoms. The van der Waals surface area contributed by atoms with E-state index in [1.54, 1.807) is 0 Å². The highest BCUT2D eigenvalue weighted by atomic mass is 16.6. The Labute approximate surface area is 149 Å². The number of nitrogens with zero attached hydrogens (tertiary/aromatic N) is 1. The Hall–Kier alpha value is -2.30. The summed E-state index contributed by atoms with van der Waals surface area (Å²) >= 11 is 0. The van der Waals surface area contributed by atoms with Crippen LogP contribution in [0.3, 0.4) is 0 Å². The van der Waals surface area contributed by atoms with E-state index in [4.69, 9.17) is 4.74 Å². The first-order valence-electron chi connectivity index (χ1n) is 8.93. The Balaban J connectivity index is 1.70. The molecule has 0 aromatic heterocycles. The number of amides is 2. The summed E-state index contributed by atoms with van der Waals surface area (Å²) in [5.41, 5.74) is 3.98. The summed E-state index contributed by atoms with van der Waals surface area (Å²) in [4.78, 5) is 25.7. The number of rotatable bonds is 3. The fraction of sp³-hybridized carbons (Fsp3) is 0.500. The highest BCUT2D eigenvalue weighted by Crippen LogP contribution is 2.31. The molecule has 5 heteroatoms. The first kappa shape index (κ1) is 17.5. The number of allylic oxidation sites excluding steroid dienone is 1. The van der Waals surface area contributed by atoms with Crippen molar-refractivity contribution in [2.24, 2.45) is 0 Å². The largest absolute Gasteiger partial charge is 0.444 e. The van der Waals surface area contributed by atoms with Crippen LogP contribution < -0.4 is 10.2 Å². The second kappa shape index (κ2) is 6.90. The van der Waals surface area contributed by atoms with E-state index in [1.807, 2.05) is 31.7 Å². The Bertz CT molecular complexity index is 716. The monoisotopic (exact) mass is 342 g/mol. The summed E-state index contributed by atoms with van der Waals surface area (Å²) in [6, 6.07) is 6.20. The molecule has 1 heterocycles. The maximum Gasteiger partial charge on any atom is 0.407 e. The lowest BCUT2D eigenvalue weighted by Gasteiger charge is -2.23. The van der Waals surface area contributed by atoms with Crippen molar-refractivity contribution in [1.82, 2.24) is 5.32 Å². The molecule has 1 fully saturated rings. The number of carbonyl (C=O) groups is 2. The van der Waals surface area contributed by atoms with Crippen LogP contribution in [0.1, 0.15) is 51.2 Å². The van der Waals surface area contributed by atoms with Gasteiger partial charge < -0.3 is 15.0 Å². The van der Waals surface area contributed by atoms with Crippen molar-refractivity contribution in [2.45, 2.75) is 52.1 Å². The van der Waals surface area contributed by atoms with Gasteiger partial charge in [0.15, 0.2) is 0 Å². The minimum Gasteiger partial charge on any atom is -0.444 e. The zero-order valence-electron chi connectivity index (χ0n) is 15.2. The summed E-state index contributed by atoms with van der Waals surface area (Å²) in [6.45, 7) is 6.80. The molecule has 1 aromatic rings. The second-order valence-corrected chi connectivity index (χ2v) is 7.61. The highest BCUT2D eigenvalue weighted by Gasteiger charge is 2.23. The topological polar surface area (TPSA) is 58.6 Å². The van der Waals surface area contributed by atoms with Crippen LogP contribution in [0.2, 0.25) is 0 Å². The van der Waals surface area contributed by atoms with E-state index in [-0.39, 0.29) is 5.91 Å². The molecular formula is C20H26N2O3. The molecule has 2 aliphatic rings. The minimum absolute atomic E-state index is 0.207. The van der Waals surface area contributed by atoms with Crippen LogP contribution in [0.4, 0.5) is 10.5 Å². The van der Waals surface area contributed by atoms with Gasteiger partial charge in [0.2, 0.25) is 5.91 Å². The fourth-order valence-electron chi connectivity index (χ4n) is 3.35. The molecule has 1 saturated heterocycles. The first-order valence-corrected chi connectivity index (χ1v) is 8.93. The van der Waals surface area contributed by atoms with Gasteiger partial charge in [-0.15, -0.1) is 0 Å². The Morgan fingerprint density at radius 2 is 2.08 bits per heavy atom. The standard InChI is InChI=1S/C20H26N2O3/c1-20(2,3)25-19(24)21-13-15-7-4-6-14-12-16(9-10-17(14)15)22-11-5-8-18(22)23/h7,9-10,12H,4-6,8,11,13H2,1-3H3,(H,21,24). The minimum atomic E-state index is -0.500. The van der Waals surface area contributed by atoms with Crippen LogP contribution >= 0.6 is 0 Å². The number of hydrogen-bond acceptors (Lipinski definition) is 3. The van der Waals surface area contributed by atoms with Gasteiger partial charge in [0.1, 0.15) is 5.60 Å². The Morgan fingerprint density at radius 1 is 1.28 bits per heavy atom. The second-order valence-electron chi connectivity index (χ2n) is 7.61.